The third-order valence-corrected chi connectivity index (χ3v) is 2.48. The number of carbonyl (C=O) groups is 1. The number of aryl methyl sites for hydroxylation is 2. The Morgan fingerprint density at radius 3 is 2.69 bits per heavy atom. The first-order valence-corrected chi connectivity index (χ1v) is 5.20. The van der Waals surface area contributed by atoms with Gasteiger partial charge in [0.2, 0.25) is 0 Å². The van der Waals surface area contributed by atoms with Crippen LogP contribution >= 0.6 is 0 Å². The van der Waals surface area contributed by atoms with Crippen molar-refractivity contribution in [2.45, 2.75) is 13.3 Å². The highest BCUT2D eigenvalue weighted by Gasteiger charge is 2.21. The van der Waals surface area contributed by atoms with Crippen LogP contribution in [0.4, 0.5) is 5.69 Å². The zero-order valence-corrected chi connectivity index (χ0v) is 9.90. The standard InChI is InChI=1S/C10H18N4O2/c1-4-7-8(11)9(14(3)12-7)10(16)13(2)5-6-15/h15H,4-6,11H2,1-3H3. The highest BCUT2D eigenvalue weighted by atomic mass is 16.3. The molecule has 0 aliphatic heterocycles. The van der Waals surface area contributed by atoms with Gasteiger partial charge in [-0.25, -0.2) is 0 Å². The lowest BCUT2D eigenvalue weighted by Gasteiger charge is -2.15. The van der Waals surface area contributed by atoms with Crippen LogP contribution in [0.3, 0.4) is 0 Å². The summed E-state index contributed by atoms with van der Waals surface area (Å²) < 4.78 is 1.49. The molecule has 0 aliphatic carbocycles. The van der Waals surface area contributed by atoms with Gasteiger partial charge < -0.3 is 15.7 Å². The summed E-state index contributed by atoms with van der Waals surface area (Å²) in [6, 6.07) is 0. The zero-order chi connectivity index (χ0) is 12.3. The molecule has 90 valence electrons. The van der Waals surface area contributed by atoms with Gasteiger partial charge in [-0.1, -0.05) is 6.92 Å². The van der Waals surface area contributed by atoms with Gasteiger partial charge in [0.15, 0.2) is 0 Å². The van der Waals surface area contributed by atoms with E-state index in [4.69, 9.17) is 10.8 Å². The predicted octanol–water partition coefficient (Wildman–Crippen LogP) is -0.371. The molecule has 0 saturated heterocycles. The van der Waals surface area contributed by atoms with E-state index in [1.54, 1.807) is 14.1 Å². The largest absolute Gasteiger partial charge is 0.395 e. The molecule has 1 heterocycles. The Balaban J connectivity index is 3.03. The molecular formula is C10H18N4O2. The van der Waals surface area contributed by atoms with Crippen LogP contribution in [0.1, 0.15) is 23.1 Å². The quantitative estimate of drug-likeness (QED) is 0.733. The number of hydrogen-bond donors (Lipinski definition) is 2. The van der Waals surface area contributed by atoms with Crippen LogP contribution < -0.4 is 5.73 Å². The van der Waals surface area contributed by atoms with Gasteiger partial charge in [-0.15, -0.1) is 0 Å². The van der Waals surface area contributed by atoms with E-state index in [0.29, 0.717) is 17.8 Å². The molecule has 1 amide bonds. The van der Waals surface area contributed by atoms with Gasteiger partial charge in [0, 0.05) is 20.6 Å². The van der Waals surface area contributed by atoms with Crippen LogP contribution in [-0.4, -0.2) is 45.9 Å². The number of anilines is 1. The molecule has 0 saturated carbocycles. The van der Waals surface area contributed by atoms with Crippen molar-refractivity contribution >= 4 is 11.6 Å². The minimum Gasteiger partial charge on any atom is -0.395 e. The van der Waals surface area contributed by atoms with Gasteiger partial charge in [-0.05, 0) is 6.42 Å². The molecule has 0 unspecified atom stereocenters. The second kappa shape index (κ2) is 4.98. The zero-order valence-electron chi connectivity index (χ0n) is 9.90. The fourth-order valence-electron chi connectivity index (χ4n) is 1.54. The average molecular weight is 226 g/mol. The van der Waals surface area contributed by atoms with E-state index < -0.39 is 0 Å². The number of carbonyl (C=O) groups excluding carboxylic acids is 1. The van der Waals surface area contributed by atoms with E-state index in [0.717, 1.165) is 5.69 Å². The predicted molar refractivity (Wildman–Crippen MR) is 61.0 cm³/mol. The van der Waals surface area contributed by atoms with Crippen molar-refractivity contribution in [3.05, 3.63) is 11.4 Å². The SMILES string of the molecule is CCc1nn(C)c(C(=O)N(C)CCO)c1N. The number of aliphatic hydroxyl groups is 1. The van der Waals surface area contributed by atoms with Gasteiger partial charge in [0.1, 0.15) is 5.69 Å². The monoisotopic (exact) mass is 226 g/mol. The van der Waals surface area contributed by atoms with Crippen molar-refractivity contribution in [3.63, 3.8) is 0 Å². The maximum atomic E-state index is 12.0. The highest BCUT2D eigenvalue weighted by molar-refractivity contribution is 5.97. The summed E-state index contributed by atoms with van der Waals surface area (Å²) in [4.78, 5) is 13.4. The van der Waals surface area contributed by atoms with Crippen LogP contribution in [0.25, 0.3) is 0 Å². The number of likely N-dealkylation sites (N-methyl/N-ethyl adjacent to an activating group) is 1. The first kappa shape index (κ1) is 12.5. The second-order valence-corrected chi connectivity index (χ2v) is 3.64. The van der Waals surface area contributed by atoms with Crippen LogP contribution in [0.5, 0.6) is 0 Å². The fraction of sp³-hybridized carbons (Fsp3) is 0.600. The number of aromatic nitrogens is 2. The molecule has 0 radical (unpaired) electrons. The van der Waals surface area contributed by atoms with Crippen molar-refractivity contribution in [3.8, 4) is 0 Å². The van der Waals surface area contributed by atoms with Crippen molar-refractivity contribution in [2.75, 3.05) is 25.9 Å². The third-order valence-electron chi connectivity index (χ3n) is 2.48. The summed E-state index contributed by atoms with van der Waals surface area (Å²) in [5.74, 6) is -0.221. The molecule has 16 heavy (non-hydrogen) atoms. The van der Waals surface area contributed by atoms with Gasteiger partial charge in [0.05, 0.1) is 18.0 Å². The van der Waals surface area contributed by atoms with Gasteiger partial charge in [-0.2, -0.15) is 5.10 Å². The number of aliphatic hydroxyl groups excluding tert-OH is 1. The van der Waals surface area contributed by atoms with Crippen molar-refractivity contribution < 1.29 is 9.90 Å². The fourth-order valence-corrected chi connectivity index (χ4v) is 1.54. The van der Waals surface area contributed by atoms with E-state index >= 15 is 0 Å². The maximum Gasteiger partial charge on any atom is 0.274 e. The van der Waals surface area contributed by atoms with E-state index in [9.17, 15) is 4.79 Å². The molecule has 0 aromatic carbocycles. The molecule has 0 bridgehead atoms. The Morgan fingerprint density at radius 1 is 1.62 bits per heavy atom. The molecule has 3 N–H and O–H groups in total. The Kier molecular flexibility index (Phi) is 3.89. The number of nitrogen functional groups attached to an aromatic ring is 1. The van der Waals surface area contributed by atoms with E-state index in [1.165, 1.54) is 9.58 Å². The van der Waals surface area contributed by atoms with Crippen LogP contribution in [0.2, 0.25) is 0 Å². The topological polar surface area (TPSA) is 84.4 Å². The smallest absolute Gasteiger partial charge is 0.274 e. The lowest BCUT2D eigenvalue weighted by Crippen LogP contribution is -2.31. The van der Waals surface area contributed by atoms with Gasteiger partial charge in [-0.3, -0.25) is 9.48 Å². The molecule has 1 aromatic rings. The van der Waals surface area contributed by atoms with Crippen LogP contribution in [-0.2, 0) is 13.5 Å². The van der Waals surface area contributed by atoms with E-state index in [2.05, 4.69) is 5.10 Å². The summed E-state index contributed by atoms with van der Waals surface area (Å²) in [6.45, 7) is 2.15. The van der Waals surface area contributed by atoms with E-state index in [-0.39, 0.29) is 19.1 Å². The van der Waals surface area contributed by atoms with Crippen molar-refractivity contribution in [2.24, 2.45) is 7.05 Å². The number of amides is 1. The summed E-state index contributed by atoms with van der Waals surface area (Å²) in [7, 11) is 3.31. The molecule has 1 aromatic heterocycles. The lowest BCUT2D eigenvalue weighted by molar-refractivity contribution is 0.0757. The molecule has 1 rings (SSSR count). The Labute approximate surface area is 94.6 Å². The van der Waals surface area contributed by atoms with Crippen LogP contribution in [0, 0.1) is 0 Å². The summed E-state index contributed by atoms with van der Waals surface area (Å²) in [5, 5.41) is 12.9. The lowest BCUT2D eigenvalue weighted by atomic mass is 10.2. The maximum absolute atomic E-state index is 12.0. The average Bonchev–Trinajstić information content (AvgIpc) is 2.53. The molecule has 0 atom stereocenters. The Bertz CT molecular complexity index is 386. The molecule has 0 aliphatic rings. The van der Waals surface area contributed by atoms with E-state index in [1.807, 2.05) is 6.92 Å². The molecule has 6 nitrogen and oxygen atoms in total. The van der Waals surface area contributed by atoms with Crippen LogP contribution in [0.15, 0.2) is 0 Å². The molecular weight excluding hydrogens is 208 g/mol. The minimum atomic E-state index is -0.221. The van der Waals surface area contributed by atoms with Gasteiger partial charge in [0.25, 0.3) is 5.91 Å². The molecule has 6 heteroatoms. The van der Waals surface area contributed by atoms with Gasteiger partial charge >= 0.3 is 0 Å². The number of nitrogens with zero attached hydrogens (tertiary/aromatic N) is 3. The highest BCUT2D eigenvalue weighted by Crippen LogP contribution is 2.18. The molecule has 0 fully saturated rings. The number of rotatable bonds is 4. The summed E-state index contributed by atoms with van der Waals surface area (Å²) >= 11 is 0. The normalized spacial score (nSPS) is 10.5. The summed E-state index contributed by atoms with van der Waals surface area (Å²) in [5.41, 5.74) is 7.39. The second-order valence-electron chi connectivity index (χ2n) is 3.64. The molecule has 0 spiro atoms. The summed E-state index contributed by atoms with van der Waals surface area (Å²) in [6.07, 6.45) is 0.691. The first-order valence-electron chi connectivity index (χ1n) is 5.20. The van der Waals surface area contributed by atoms with Crippen molar-refractivity contribution in [1.29, 1.82) is 0 Å². The van der Waals surface area contributed by atoms with Crippen molar-refractivity contribution in [1.82, 2.24) is 14.7 Å². The minimum absolute atomic E-state index is 0.0688. The number of nitrogens with two attached hydrogens (primary N) is 1. The third kappa shape index (κ3) is 2.16. The number of hydrogen-bond acceptors (Lipinski definition) is 4. The Morgan fingerprint density at radius 2 is 2.25 bits per heavy atom. The first-order chi connectivity index (χ1) is 7.52. The Hall–Kier alpha value is -1.56.